The predicted molar refractivity (Wildman–Crippen MR) is 92.9 cm³/mol. The number of para-hydroxylation sites is 1. The highest BCUT2D eigenvalue weighted by molar-refractivity contribution is 5.76. The van der Waals surface area contributed by atoms with Gasteiger partial charge in [-0.15, -0.1) is 0 Å². The zero-order valence-corrected chi connectivity index (χ0v) is 13.9. The minimum absolute atomic E-state index is 0.292. The van der Waals surface area contributed by atoms with Gasteiger partial charge in [-0.25, -0.2) is 4.68 Å². The van der Waals surface area contributed by atoms with E-state index in [-0.39, 0.29) is 0 Å². The minimum Gasteiger partial charge on any atom is -0.338 e. The van der Waals surface area contributed by atoms with Crippen molar-refractivity contribution in [3.63, 3.8) is 0 Å². The maximum absolute atomic E-state index is 12.5. The fraction of sp³-hybridized carbons (Fsp3) is 0.474. The highest BCUT2D eigenvalue weighted by Gasteiger charge is 2.25. The maximum atomic E-state index is 12.5. The average molecular weight is 324 g/mol. The Morgan fingerprint density at radius 1 is 1.29 bits per heavy atom. The van der Waals surface area contributed by atoms with Crippen molar-refractivity contribution in [2.24, 2.45) is 5.92 Å². The van der Waals surface area contributed by atoms with Crippen molar-refractivity contribution in [3.05, 3.63) is 47.8 Å². The van der Waals surface area contributed by atoms with Crippen LogP contribution in [0.3, 0.4) is 0 Å². The molecule has 0 radical (unpaired) electrons. The highest BCUT2D eigenvalue weighted by Crippen LogP contribution is 2.23. The van der Waals surface area contributed by atoms with Crippen LogP contribution in [0.15, 0.2) is 36.5 Å². The topological polar surface area (TPSA) is 50.2 Å². The van der Waals surface area contributed by atoms with Crippen molar-refractivity contribution in [1.82, 2.24) is 20.0 Å². The van der Waals surface area contributed by atoms with Crippen LogP contribution in [0.2, 0.25) is 0 Å². The van der Waals surface area contributed by atoms with Gasteiger partial charge in [0.05, 0.1) is 17.6 Å². The standard InChI is InChI=1S/C19H24N4O/c24-19(7-6-15-8-10-20-12-15)22-11-9-18-16(14-22)13-21-23(18)17-4-2-1-3-5-17/h1-5,13,15,20H,6-12,14H2. The second-order valence-electron chi connectivity index (χ2n) is 6.83. The predicted octanol–water partition coefficient (Wildman–Crippen LogP) is 2.15. The van der Waals surface area contributed by atoms with E-state index in [0.717, 1.165) is 38.2 Å². The van der Waals surface area contributed by atoms with E-state index in [0.29, 0.717) is 24.8 Å². The number of rotatable bonds is 4. The van der Waals surface area contributed by atoms with E-state index in [4.69, 9.17) is 0 Å². The Balaban J connectivity index is 1.41. The van der Waals surface area contributed by atoms with Crippen molar-refractivity contribution < 1.29 is 4.79 Å². The molecule has 4 rings (SSSR count). The van der Waals surface area contributed by atoms with Gasteiger partial charge in [0, 0.05) is 31.5 Å². The van der Waals surface area contributed by atoms with Gasteiger partial charge >= 0.3 is 0 Å². The third-order valence-electron chi connectivity index (χ3n) is 5.22. The summed E-state index contributed by atoms with van der Waals surface area (Å²) >= 11 is 0. The Hall–Kier alpha value is -2.14. The molecule has 0 aliphatic carbocycles. The smallest absolute Gasteiger partial charge is 0.222 e. The van der Waals surface area contributed by atoms with Crippen molar-refractivity contribution in [2.45, 2.75) is 32.2 Å². The van der Waals surface area contributed by atoms with Crippen molar-refractivity contribution in [1.29, 1.82) is 0 Å². The van der Waals surface area contributed by atoms with Crippen LogP contribution in [0.1, 0.15) is 30.5 Å². The van der Waals surface area contributed by atoms with E-state index >= 15 is 0 Å². The van der Waals surface area contributed by atoms with Crippen LogP contribution >= 0.6 is 0 Å². The van der Waals surface area contributed by atoms with Gasteiger partial charge in [-0.1, -0.05) is 18.2 Å². The summed E-state index contributed by atoms with van der Waals surface area (Å²) in [7, 11) is 0. The third kappa shape index (κ3) is 3.08. The van der Waals surface area contributed by atoms with Gasteiger partial charge in [-0.3, -0.25) is 4.79 Å². The van der Waals surface area contributed by atoms with Gasteiger partial charge in [0.1, 0.15) is 0 Å². The van der Waals surface area contributed by atoms with E-state index < -0.39 is 0 Å². The molecule has 1 N–H and O–H groups in total. The lowest BCUT2D eigenvalue weighted by Crippen LogP contribution is -2.36. The van der Waals surface area contributed by atoms with Crippen molar-refractivity contribution >= 4 is 5.91 Å². The molecule has 1 aromatic carbocycles. The summed E-state index contributed by atoms with van der Waals surface area (Å²) in [6, 6.07) is 10.2. The van der Waals surface area contributed by atoms with Crippen LogP contribution in [0.5, 0.6) is 0 Å². The van der Waals surface area contributed by atoms with E-state index in [1.807, 2.05) is 34.0 Å². The first kappa shape index (κ1) is 15.4. The molecule has 2 aromatic rings. The SMILES string of the molecule is O=C(CCC1CCNC1)N1CCc2c(cnn2-c2ccccc2)C1. The summed E-state index contributed by atoms with van der Waals surface area (Å²) in [4.78, 5) is 14.5. The van der Waals surface area contributed by atoms with E-state index in [1.165, 1.54) is 17.7 Å². The largest absolute Gasteiger partial charge is 0.338 e. The molecule has 126 valence electrons. The zero-order valence-electron chi connectivity index (χ0n) is 13.9. The Morgan fingerprint density at radius 3 is 2.96 bits per heavy atom. The molecule has 1 unspecified atom stereocenters. The molecule has 2 aliphatic heterocycles. The first-order chi connectivity index (χ1) is 11.8. The Kier molecular flexibility index (Phi) is 4.34. The molecular weight excluding hydrogens is 300 g/mol. The van der Waals surface area contributed by atoms with Gasteiger partial charge in [0.2, 0.25) is 5.91 Å². The summed E-state index contributed by atoms with van der Waals surface area (Å²) in [6.45, 7) is 3.67. The number of hydrogen-bond acceptors (Lipinski definition) is 3. The number of fused-ring (bicyclic) bond motifs is 1. The first-order valence-corrected chi connectivity index (χ1v) is 8.91. The Bertz CT molecular complexity index is 703. The Labute approximate surface area is 142 Å². The van der Waals surface area contributed by atoms with Gasteiger partial charge < -0.3 is 10.2 Å². The molecule has 0 spiro atoms. The number of amides is 1. The molecule has 3 heterocycles. The number of nitrogens with one attached hydrogen (secondary N) is 1. The van der Waals surface area contributed by atoms with Crippen LogP contribution in [0.25, 0.3) is 5.69 Å². The Morgan fingerprint density at radius 2 is 2.17 bits per heavy atom. The number of aromatic nitrogens is 2. The average Bonchev–Trinajstić information content (AvgIpc) is 3.29. The van der Waals surface area contributed by atoms with Crippen LogP contribution < -0.4 is 5.32 Å². The minimum atomic E-state index is 0.292. The number of carbonyl (C=O) groups is 1. The normalized spacial score (nSPS) is 20.2. The monoisotopic (exact) mass is 324 g/mol. The molecule has 1 fully saturated rings. The molecule has 5 heteroatoms. The van der Waals surface area contributed by atoms with Gasteiger partial charge in [-0.2, -0.15) is 5.10 Å². The molecule has 1 aromatic heterocycles. The van der Waals surface area contributed by atoms with Crippen LogP contribution in [0.4, 0.5) is 0 Å². The number of nitrogens with zero attached hydrogens (tertiary/aromatic N) is 3. The van der Waals surface area contributed by atoms with Crippen LogP contribution in [-0.2, 0) is 17.8 Å². The number of hydrogen-bond donors (Lipinski definition) is 1. The third-order valence-corrected chi connectivity index (χ3v) is 5.22. The summed E-state index contributed by atoms with van der Waals surface area (Å²) in [5, 5.41) is 7.91. The lowest BCUT2D eigenvalue weighted by atomic mass is 10.0. The molecule has 1 atom stereocenters. The second-order valence-corrected chi connectivity index (χ2v) is 6.83. The summed E-state index contributed by atoms with van der Waals surface area (Å²) in [5.74, 6) is 0.968. The fourth-order valence-corrected chi connectivity index (χ4v) is 3.78. The number of benzene rings is 1. The molecule has 1 saturated heterocycles. The quantitative estimate of drug-likeness (QED) is 0.937. The summed E-state index contributed by atoms with van der Waals surface area (Å²) in [5.41, 5.74) is 3.51. The highest BCUT2D eigenvalue weighted by atomic mass is 16.2. The van der Waals surface area contributed by atoms with Gasteiger partial charge in [0.25, 0.3) is 0 Å². The lowest BCUT2D eigenvalue weighted by molar-refractivity contribution is -0.132. The van der Waals surface area contributed by atoms with Gasteiger partial charge in [0.15, 0.2) is 0 Å². The zero-order chi connectivity index (χ0) is 16.4. The molecule has 2 aliphatic rings. The van der Waals surface area contributed by atoms with Crippen LogP contribution in [0, 0.1) is 5.92 Å². The molecule has 5 nitrogen and oxygen atoms in total. The van der Waals surface area contributed by atoms with E-state index in [1.54, 1.807) is 0 Å². The fourth-order valence-electron chi connectivity index (χ4n) is 3.78. The molecule has 0 saturated carbocycles. The summed E-state index contributed by atoms with van der Waals surface area (Å²) < 4.78 is 2.02. The van der Waals surface area contributed by atoms with Crippen molar-refractivity contribution in [3.8, 4) is 5.69 Å². The van der Waals surface area contributed by atoms with E-state index in [2.05, 4.69) is 22.5 Å². The van der Waals surface area contributed by atoms with E-state index in [9.17, 15) is 4.79 Å². The molecule has 24 heavy (non-hydrogen) atoms. The maximum Gasteiger partial charge on any atom is 0.222 e. The van der Waals surface area contributed by atoms with Crippen LogP contribution in [-0.4, -0.2) is 40.2 Å². The van der Waals surface area contributed by atoms with Gasteiger partial charge in [-0.05, 0) is 44.0 Å². The first-order valence-electron chi connectivity index (χ1n) is 8.91. The number of carbonyl (C=O) groups excluding carboxylic acids is 1. The lowest BCUT2D eigenvalue weighted by Gasteiger charge is -2.28. The summed E-state index contributed by atoms with van der Waals surface area (Å²) in [6.07, 6.45) is 5.69. The molecule has 1 amide bonds. The molecule has 0 bridgehead atoms. The van der Waals surface area contributed by atoms with Crippen molar-refractivity contribution in [2.75, 3.05) is 19.6 Å². The molecular formula is C19H24N4O. The second kappa shape index (κ2) is 6.77.